The van der Waals surface area contributed by atoms with Gasteiger partial charge in [-0.3, -0.25) is 9.78 Å². The number of hydrogen-bond acceptors (Lipinski definition) is 2. The summed E-state index contributed by atoms with van der Waals surface area (Å²) in [4.78, 5) is 18.7. The van der Waals surface area contributed by atoms with Crippen LogP contribution >= 0.6 is 11.6 Å². The number of halogens is 1. The molecule has 1 amide bonds. The van der Waals surface area contributed by atoms with Gasteiger partial charge < -0.3 is 4.90 Å². The van der Waals surface area contributed by atoms with Gasteiger partial charge in [0.1, 0.15) is 0 Å². The number of carbonyl (C=O) groups excluding carboxylic acids is 1. The molecule has 4 heteroatoms. The fourth-order valence-corrected chi connectivity index (χ4v) is 2.30. The normalized spacial score (nSPS) is 10.9. The first-order chi connectivity index (χ1) is 9.15. The number of carbonyl (C=O) groups is 1. The Morgan fingerprint density at radius 1 is 1.32 bits per heavy atom. The van der Waals surface area contributed by atoms with Crippen LogP contribution in [0.5, 0.6) is 0 Å². The fraction of sp³-hybridized carbons (Fsp3) is 0.333. The van der Waals surface area contributed by atoms with Gasteiger partial charge in [0.05, 0.1) is 11.1 Å². The molecule has 0 spiro atoms. The van der Waals surface area contributed by atoms with Crippen LogP contribution in [-0.4, -0.2) is 34.3 Å². The van der Waals surface area contributed by atoms with Crippen molar-refractivity contribution in [1.82, 2.24) is 9.88 Å². The summed E-state index contributed by atoms with van der Waals surface area (Å²) in [5, 5.41) is 0.975. The molecular weight excluding hydrogens is 260 g/mol. The number of fused-ring (bicyclic) bond motifs is 1. The second-order valence-electron chi connectivity index (χ2n) is 4.66. The van der Waals surface area contributed by atoms with Gasteiger partial charge in [-0.05, 0) is 26.0 Å². The summed E-state index contributed by atoms with van der Waals surface area (Å²) in [6, 6.07) is 9.61. The number of rotatable bonds is 4. The van der Waals surface area contributed by atoms with E-state index in [1.165, 1.54) is 0 Å². The van der Waals surface area contributed by atoms with Gasteiger partial charge >= 0.3 is 0 Å². The molecule has 1 heterocycles. The van der Waals surface area contributed by atoms with E-state index in [2.05, 4.69) is 4.98 Å². The molecule has 1 aromatic heterocycles. The summed E-state index contributed by atoms with van der Waals surface area (Å²) in [6.07, 6.45) is 1.71. The summed E-state index contributed by atoms with van der Waals surface area (Å²) in [5.41, 5.74) is 1.38. The molecule has 0 radical (unpaired) electrons. The van der Waals surface area contributed by atoms with Crippen molar-refractivity contribution < 1.29 is 4.79 Å². The number of nitrogens with zero attached hydrogens (tertiary/aromatic N) is 2. The third kappa shape index (κ3) is 2.87. The highest BCUT2D eigenvalue weighted by Gasteiger charge is 2.20. The van der Waals surface area contributed by atoms with Crippen LogP contribution < -0.4 is 0 Å². The Balaban J connectivity index is 2.45. The number of benzene rings is 1. The topological polar surface area (TPSA) is 33.2 Å². The van der Waals surface area contributed by atoms with E-state index in [-0.39, 0.29) is 11.9 Å². The van der Waals surface area contributed by atoms with Gasteiger partial charge in [0.2, 0.25) is 0 Å². The zero-order valence-corrected chi connectivity index (χ0v) is 11.9. The molecule has 2 aromatic rings. The summed E-state index contributed by atoms with van der Waals surface area (Å²) < 4.78 is 0. The van der Waals surface area contributed by atoms with Gasteiger partial charge in [-0.1, -0.05) is 18.2 Å². The highest BCUT2D eigenvalue weighted by atomic mass is 35.5. The molecule has 0 bridgehead atoms. The van der Waals surface area contributed by atoms with Crippen LogP contribution in [0.4, 0.5) is 0 Å². The Kier molecular flexibility index (Phi) is 4.38. The van der Waals surface area contributed by atoms with Crippen LogP contribution in [0, 0.1) is 0 Å². The number of amides is 1. The maximum Gasteiger partial charge on any atom is 0.256 e. The molecule has 0 saturated carbocycles. The standard InChI is InChI=1S/C15H17ClN2O/c1-11(2)18(10-8-16)15(19)13-7-3-5-12-6-4-9-17-14(12)13/h3-7,9,11H,8,10H2,1-2H3. The van der Waals surface area contributed by atoms with E-state index < -0.39 is 0 Å². The highest BCUT2D eigenvalue weighted by Crippen LogP contribution is 2.18. The molecule has 2 rings (SSSR count). The van der Waals surface area contributed by atoms with Crippen molar-refractivity contribution in [3.8, 4) is 0 Å². The summed E-state index contributed by atoms with van der Waals surface area (Å²) in [5.74, 6) is 0.419. The Bertz CT molecular complexity index is 578. The molecule has 3 nitrogen and oxygen atoms in total. The minimum atomic E-state index is -0.0139. The molecule has 0 fully saturated rings. The Labute approximate surface area is 118 Å². The van der Waals surface area contributed by atoms with Gasteiger partial charge in [-0.25, -0.2) is 0 Å². The van der Waals surface area contributed by atoms with Crippen LogP contribution in [-0.2, 0) is 0 Å². The molecule has 0 aliphatic carbocycles. The smallest absolute Gasteiger partial charge is 0.256 e. The van der Waals surface area contributed by atoms with E-state index in [1.54, 1.807) is 11.1 Å². The number of para-hydroxylation sites is 1. The van der Waals surface area contributed by atoms with Crippen LogP contribution in [0.3, 0.4) is 0 Å². The average Bonchev–Trinajstić information content (AvgIpc) is 2.43. The highest BCUT2D eigenvalue weighted by molar-refractivity contribution is 6.18. The van der Waals surface area contributed by atoms with Crippen LogP contribution in [0.2, 0.25) is 0 Å². The van der Waals surface area contributed by atoms with Gasteiger partial charge in [-0.15, -0.1) is 11.6 Å². The molecule has 0 unspecified atom stereocenters. The maximum absolute atomic E-state index is 12.6. The largest absolute Gasteiger partial charge is 0.335 e. The van der Waals surface area contributed by atoms with E-state index in [0.717, 1.165) is 10.9 Å². The van der Waals surface area contributed by atoms with Crippen molar-refractivity contribution in [3.05, 3.63) is 42.1 Å². The summed E-state index contributed by atoms with van der Waals surface area (Å²) >= 11 is 5.78. The second kappa shape index (κ2) is 6.02. The van der Waals surface area contributed by atoms with Crippen LogP contribution in [0.15, 0.2) is 36.5 Å². The second-order valence-corrected chi connectivity index (χ2v) is 5.04. The van der Waals surface area contributed by atoms with E-state index in [0.29, 0.717) is 18.0 Å². The number of hydrogen-bond donors (Lipinski definition) is 0. The zero-order chi connectivity index (χ0) is 13.8. The quantitative estimate of drug-likeness (QED) is 0.803. The SMILES string of the molecule is CC(C)N(CCCl)C(=O)c1cccc2cccnc12. The number of pyridine rings is 1. The molecule has 0 N–H and O–H groups in total. The molecule has 0 aliphatic heterocycles. The molecule has 100 valence electrons. The van der Waals surface area contributed by atoms with Gasteiger partial charge in [0, 0.05) is 30.0 Å². The van der Waals surface area contributed by atoms with Gasteiger partial charge in [-0.2, -0.15) is 0 Å². The lowest BCUT2D eigenvalue weighted by atomic mass is 10.1. The summed E-state index contributed by atoms with van der Waals surface area (Å²) in [6.45, 7) is 4.52. The molecule has 0 saturated heterocycles. The third-order valence-corrected chi connectivity index (χ3v) is 3.24. The van der Waals surface area contributed by atoms with E-state index in [9.17, 15) is 4.79 Å². The van der Waals surface area contributed by atoms with Crippen molar-refractivity contribution in [3.63, 3.8) is 0 Å². The van der Waals surface area contributed by atoms with Gasteiger partial charge in [0.25, 0.3) is 5.91 Å². The predicted octanol–water partition coefficient (Wildman–Crippen LogP) is 3.32. The van der Waals surface area contributed by atoms with Crippen molar-refractivity contribution in [2.45, 2.75) is 19.9 Å². The Hall–Kier alpha value is -1.61. The third-order valence-electron chi connectivity index (χ3n) is 3.07. The molecule has 0 atom stereocenters. The molecule has 19 heavy (non-hydrogen) atoms. The van der Waals surface area contributed by atoms with E-state index >= 15 is 0 Å². The molecular formula is C15H17ClN2O. The van der Waals surface area contributed by atoms with E-state index in [1.807, 2.05) is 44.2 Å². The van der Waals surface area contributed by atoms with Crippen molar-refractivity contribution >= 4 is 28.4 Å². The lowest BCUT2D eigenvalue weighted by molar-refractivity contribution is 0.0720. The minimum Gasteiger partial charge on any atom is -0.335 e. The lowest BCUT2D eigenvalue weighted by Crippen LogP contribution is -2.38. The monoisotopic (exact) mass is 276 g/mol. The average molecular weight is 277 g/mol. The van der Waals surface area contributed by atoms with Crippen molar-refractivity contribution in [2.24, 2.45) is 0 Å². The number of alkyl halides is 1. The Morgan fingerprint density at radius 3 is 2.74 bits per heavy atom. The van der Waals surface area contributed by atoms with Crippen molar-refractivity contribution in [1.29, 1.82) is 0 Å². The predicted molar refractivity (Wildman–Crippen MR) is 78.6 cm³/mol. The minimum absolute atomic E-state index is 0.0139. The van der Waals surface area contributed by atoms with Crippen molar-refractivity contribution in [2.75, 3.05) is 12.4 Å². The zero-order valence-electron chi connectivity index (χ0n) is 11.1. The maximum atomic E-state index is 12.6. The lowest BCUT2D eigenvalue weighted by Gasteiger charge is -2.26. The first-order valence-corrected chi connectivity index (χ1v) is 6.89. The van der Waals surface area contributed by atoms with E-state index in [4.69, 9.17) is 11.6 Å². The Morgan fingerprint density at radius 2 is 2.05 bits per heavy atom. The fourth-order valence-electron chi connectivity index (χ4n) is 2.12. The summed E-state index contributed by atoms with van der Waals surface area (Å²) in [7, 11) is 0. The first kappa shape index (κ1) is 13.8. The molecule has 1 aromatic carbocycles. The molecule has 0 aliphatic rings. The number of aromatic nitrogens is 1. The first-order valence-electron chi connectivity index (χ1n) is 6.36. The van der Waals surface area contributed by atoms with Crippen LogP contribution in [0.1, 0.15) is 24.2 Å². The van der Waals surface area contributed by atoms with Crippen LogP contribution in [0.25, 0.3) is 10.9 Å². The van der Waals surface area contributed by atoms with Gasteiger partial charge in [0.15, 0.2) is 0 Å².